The quantitative estimate of drug-likeness (QED) is 0.285. The van der Waals surface area contributed by atoms with Crippen LogP contribution < -0.4 is 4.70 Å². The predicted octanol–water partition coefficient (Wildman–Crippen LogP) is -0.224. The maximum absolute atomic E-state index is 11.0. The lowest BCUT2D eigenvalue weighted by Gasteiger charge is -2.33. The van der Waals surface area contributed by atoms with E-state index in [1.165, 1.54) is 11.6 Å². The zero-order chi connectivity index (χ0) is 14.1. The third kappa shape index (κ3) is 6.48. The van der Waals surface area contributed by atoms with E-state index in [4.69, 9.17) is 4.74 Å². The normalized spacial score (nSPS) is 12.9. The maximum atomic E-state index is 11.0. The van der Waals surface area contributed by atoms with Gasteiger partial charge in [0.05, 0.1) is 26.7 Å². The number of benzene rings is 1. The summed E-state index contributed by atoms with van der Waals surface area (Å²) in [5, 5.41) is 0. The Balaban J connectivity index is 0.00000361. The molecule has 0 heterocycles. The number of ether oxygens (including phenoxy) is 1. The molecule has 112 valence electrons. The second-order valence-corrected chi connectivity index (χ2v) is 5.03. The van der Waals surface area contributed by atoms with Gasteiger partial charge >= 0.3 is 5.97 Å². The van der Waals surface area contributed by atoms with E-state index in [0.717, 1.165) is 30.5 Å². The van der Waals surface area contributed by atoms with Gasteiger partial charge in [-0.25, -0.2) is 4.79 Å². The van der Waals surface area contributed by atoms with Gasteiger partial charge in [-0.1, -0.05) is 36.9 Å². The first-order valence-corrected chi connectivity index (χ1v) is 6.76. The van der Waals surface area contributed by atoms with Crippen LogP contribution in [0.4, 0.5) is 0 Å². The number of hydrogen-bond donors (Lipinski definition) is 0. The minimum absolute atomic E-state index is 0. The Morgan fingerprint density at radius 1 is 1.35 bits per heavy atom. The molecule has 0 N–H and O–H groups in total. The Kier molecular flexibility index (Phi) is 8.48. The van der Waals surface area contributed by atoms with Gasteiger partial charge in [-0.05, 0) is 6.92 Å². The summed E-state index contributed by atoms with van der Waals surface area (Å²) in [6.45, 7) is 9.10. The molecule has 0 fully saturated rings. The number of halogens is 1. The van der Waals surface area contributed by atoms with Crippen molar-refractivity contribution < 1.29 is 18.7 Å². The number of nitrogens with zero attached hydrogens (tertiary/aromatic N) is 1. The van der Waals surface area contributed by atoms with E-state index in [9.17, 15) is 4.79 Å². The van der Waals surface area contributed by atoms with Crippen LogP contribution in [0.25, 0.3) is 0 Å². The third-order valence-electron chi connectivity index (χ3n) is 3.42. The number of quaternary nitrogens is 1. The molecule has 0 bridgehead atoms. The molecule has 1 aromatic rings. The second kappa shape index (κ2) is 9.26. The first kappa shape index (κ1) is 18.3. The molecule has 1 aromatic carbocycles. The molecule has 0 radical (unpaired) electrons. The van der Waals surface area contributed by atoms with Gasteiger partial charge in [0.1, 0.15) is 6.54 Å². The minimum Gasteiger partial charge on any atom is -1.00 e. The summed E-state index contributed by atoms with van der Waals surface area (Å²) in [5.74, 6) is -0.339. The van der Waals surface area contributed by atoms with E-state index in [0.29, 0.717) is 6.61 Å². The average Bonchev–Trinajstić information content (AvgIpc) is 2.44. The van der Waals surface area contributed by atoms with E-state index in [1.807, 2.05) is 6.07 Å². The van der Waals surface area contributed by atoms with Crippen molar-refractivity contribution in [1.29, 1.82) is 0 Å². The molecule has 1 atom stereocenters. The highest BCUT2D eigenvalue weighted by Crippen LogP contribution is 2.12. The topological polar surface area (TPSA) is 26.3 Å². The molecular weight excluding hydrogens is 257 g/mol. The smallest absolute Gasteiger partial charge is 0.330 e. The zero-order valence-corrected chi connectivity index (χ0v) is 12.3. The lowest BCUT2D eigenvalue weighted by molar-refractivity contribution is -0.921. The Morgan fingerprint density at radius 3 is 2.55 bits per heavy atom. The van der Waals surface area contributed by atoms with Crippen LogP contribution in [-0.2, 0) is 16.1 Å². The molecule has 0 spiro atoms. The van der Waals surface area contributed by atoms with Gasteiger partial charge in [0, 0.05) is 18.1 Å². The first-order chi connectivity index (χ1) is 9.09. The van der Waals surface area contributed by atoms with E-state index in [1.54, 1.807) is 0 Å². The SMILES string of the molecule is C=CC(=O)OCCC[N+](C)(CC)Cc1ccccc1.[F-]. The summed E-state index contributed by atoms with van der Waals surface area (Å²) in [4.78, 5) is 11.0. The second-order valence-electron chi connectivity index (χ2n) is 5.03. The summed E-state index contributed by atoms with van der Waals surface area (Å²) in [5.41, 5.74) is 1.34. The Hall–Kier alpha value is -1.68. The molecule has 1 rings (SSSR count). The van der Waals surface area contributed by atoms with Crippen LogP contribution in [0.2, 0.25) is 0 Å². The van der Waals surface area contributed by atoms with Gasteiger partial charge in [-0.2, -0.15) is 0 Å². The van der Waals surface area contributed by atoms with Crippen molar-refractivity contribution >= 4 is 5.97 Å². The number of hydrogen-bond acceptors (Lipinski definition) is 2. The molecule has 0 aromatic heterocycles. The van der Waals surface area contributed by atoms with Crippen LogP contribution in [0, 0.1) is 0 Å². The summed E-state index contributed by atoms with van der Waals surface area (Å²) >= 11 is 0. The molecule has 0 saturated carbocycles. The van der Waals surface area contributed by atoms with Gasteiger partial charge in [-0.3, -0.25) is 0 Å². The lowest BCUT2D eigenvalue weighted by Crippen LogP contribution is -3.00. The van der Waals surface area contributed by atoms with Crippen LogP contribution in [0.15, 0.2) is 43.0 Å². The average molecular weight is 281 g/mol. The zero-order valence-electron chi connectivity index (χ0n) is 12.3. The fourth-order valence-electron chi connectivity index (χ4n) is 2.05. The van der Waals surface area contributed by atoms with Crippen molar-refractivity contribution in [3.63, 3.8) is 0 Å². The van der Waals surface area contributed by atoms with Gasteiger partial charge in [0.25, 0.3) is 0 Å². The molecule has 20 heavy (non-hydrogen) atoms. The summed E-state index contributed by atoms with van der Waals surface area (Å²) in [6, 6.07) is 10.5. The number of carbonyl (C=O) groups is 1. The molecular formula is C16H24FNO2. The van der Waals surface area contributed by atoms with E-state index in [-0.39, 0.29) is 10.7 Å². The largest absolute Gasteiger partial charge is 1.00 e. The monoisotopic (exact) mass is 281 g/mol. The van der Waals surface area contributed by atoms with Crippen LogP contribution in [-0.4, -0.2) is 37.2 Å². The standard InChI is InChI=1S/C16H24NO2.FH/c1-4-16(18)19-13-9-12-17(3,5-2)14-15-10-7-6-8-11-15;/h4,6-8,10-11H,1,5,9,12-14H2,2-3H3;1H/q+1;/p-1. The molecule has 3 nitrogen and oxygen atoms in total. The molecule has 0 saturated heterocycles. The number of carbonyl (C=O) groups excluding carboxylic acids is 1. The van der Waals surface area contributed by atoms with E-state index < -0.39 is 0 Å². The van der Waals surface area contributed by atoms with Gasteiger partial charge in [0.15, 0.2) is 0 Å². The number of esters is 1. The van der Waals surface area contributed by atoms with Gasteiger partial charge in [-0.15, -0.1) is 0 Å². The highest BCUT2D eigenvalue weighted by molar-refractivity contribution is 5.81. The Morgan fingerprint density at radius 2 is 2.00 bits per heavy atom. The fraction of sp³-hybridized carbons (Fsp3) is 0.438. The van der Waals surface area contributed by atoms with Crippen molar-refractivity contribution in [2.75, 3.05) is 26.7 Å². The third-order valence-corrected chi connectivity index (χ3v) is 3.42. The van der Waals surface area contributed by atoms with Gasteiger partial charge < -0.3 is 13.9 Å². The predicted molar refractivity (Wildman–Crippen MR) is 77.5 cm³/mol. The van der Waals surface area contributed by atoms with E-state index in [2.05, 4.69) is 44.8 Å². The van der Waals surface area contributed by atoms with Crippen LogP contribution in [0.3, 0.4) is 0 Å². The molecule has 0 aliphatic heterocycles. The van der Waals surface area contributed by atoms with Crippen molar-refractivity contribution in [2.45, 2.75) is 19.9 Å². The Labute approximate surface area is 120 Å². The van der Waals surface area contributed by atoms with Gasteiger partial charge in [0.2, 0.25) is 0 Å². The summed E-state index contributed by atoms with van der Waals surface area (Å²) < 4.78 is 5.97. The molecule has 0 amide bonds. The maximum Gasteiger partial charge on any atom is 0.330 e. The number of rotatable bonds is 8. The molecule has 0 aliphatic carbocycles. The van der Waals surface area contributed by atoms with Crippen LogP contribution in [0.5, 0.6) is 0 Å². The minimum atomic E-state index is -0.339. The van der Waals surface area contributed by atoms with Crippen molar-refractivity contribution in [3.8, 4) is 0 Å². The van der Waals surface area contributed by atoms with Crippen molar-refractivity contribution in [1.82, 2.24) is 0 Å². The molecule has 4 heteroatoms. The Bertz CT molecular complexity index is 408. The molecule has 1 unspecified atom stereocenters. The van der Waals surface area contributed by atoms with Crippen molar-refractivity contribution in [3.05, 3.63) is 48.6 Å². The van der Waals surface area contributed by atoms with Crippen LogP contribution in [0.1, 0.15) is 18.9 Å². The van der Waals surface area contributed by atoms with E-state index >= 15 is 0 Å². The fourth-order valence-corrected chi connectivity index (χ4v) is 2.05. The summed E-state index contributed by atoms with van der Waals surface area (Å²) in [7, 11) is 2.24. The van der Waals surface area contributed by atoms with Crippen molar-refractivity contribution in [2.24, 2.45) is 0 Å². The lowest BCUT2D eigenvalue weighted by atomic mass is 10.2. The first-order valence-electron chi connectivity index (χ1n) is 6.76. The molecule has 0 aliphatic rings. The highest BCUT2D eigenvalue weighted by Gasteiger charge is 2.19. The summed E-state index contributed by atoms with van der Waals surface area (Å²) in [6.07, 6.45) is 2.08. The van der Waals surface area contributed by atoms with Crippen LogP contribution >= 0.6 is 0 Å². The highest BCUT2D eigenvalue weighted by atomic mass is 19.0.